The number of aliphatic hydroxyl groups is 1. The Hall–Kier alpha value is -1.15. The van der Waals surface area contributed by atoms with Crippen LogP contribution in [0.2, 0.25) is 0 Å². The van der Waals surface area contributed by atoms with E-state index in [1.165, 1.54) is 19.3 Å². The van der Waals surface area contributed by atoms with Gasteiger partial charge >= 0.3 is 0 Å². The summed E-state index contributed by atoms with van der Waals surface area (Å²) in [5.74, 6) is 3.29. The molecule has 7 atom stereocenters. The van der Waals surface area contributed by atoms with Crippen LogP contribution >= 0.6 is 0 Å². The third kappa shape index (κ3) is 3.16. The second-order valence-corrected chi connectivity index (χ2v) is 10.8. The number of hydrogen-bond acceptors (Lipinski definition) is 2. The smallest absolute Gasteiger partial charge is 0.139 e. The summed E-state index contributed by atoms with van der Waals surface area (Å²) < 4.78 is 0. The van der Waals surface area contributed by atoms with Gasteiger partial charge in [0.2, 0.25) is 0 Å². The van der Waals surface area contributed by atoms with E-state index in [1.54, 1.807) is 6.08 Å². The van der Waals surface area contributed by atoms with Gasteiger partial charge in [-0.15, -0.1) is 0 Å². The van der Waals surface area contributed by atoms with Gasteiger partial charge in [-0.25, -0.2) is 0 Å². The molecule has 0 aromatic carbocycles. The second kappa shape index (κ2) is 7.27. The molecule has 1 N–H and O–H groups in total. The number of fused-ring (bicyclic) bond motifs is 5. The molecule has 0 amide bonds. The number of hydrogen-bond donors (Lipinski definition) is 1. The van der Waals surface area contributed by atoms with Crippen LogP contribution in [0.25, 0.3) is 0 Å². The van der Waals surface area contributed by atoms with Gasteiger partial charge in [-0.05, 0) is 86.9 Å². The highest BCUT2D eigenvalue weighted by molar-refractivity contribution is 5.87. The van der Waals surface area contributed by atoms with E-state index in [1.807, 2.05) is 18.2 Å². The van der Waals surface area contributed by atoms with E-state index in [0.717, 1.165) is 56.8 Å². The molecule has 154 valence electrons. The monoisotopic (exact) mass is 382 g/mol. The van der Waals surface area contributed by atoms with E-state index >= 15 is 0 Å². The molecule has 0 spiro atoms. The standard InChI is InChI=1S/C26H38O2/c1-4-5-6-7-8-14-26(28)17-16-24(2)19(18-26)9-10-20-21-11-12-23(27)25(21,3)15-13-22(20)24/h4-8,19-22,28H,1,9-18H2,2-3H3/b6-5-,8-7+/t19?,20?,21?,22?,24-,25-,26+/m0/s1. The summed E-state index contributed by atoms with van der Waals surface area (Å²) >= 11 is 0. The fourth-order valence-corrected chi connectivity index (χ4v) is 7.79. The Morgan fingerprint density at radius 3 is 2.64 bits per heavy atom. The summed E-state index contributed by atoms with van der Waals surface area (Å²) in [5, 5.41) is 11.3. The summed E-state index contributed by atoms with van der Waals surface area (Å²) in [4.78, 5) is 12.6. The predicted octanol–water partition coefficient (Wildman–Crippen LogP) is 6.02. The number of carbonyl (C=O) groups is 1. The van der Waals surface area contributed by atoms with Gasteiger partial charge in [0.1, 0.15) is 5.78 Å². The molecule has 0 aromatic rings. The highest BCUT2D eigenvalue weighted by Crippen LogP contribution is 2.66. The van der Waals surface area contributed by atoms with Crippen LogP contribution in [0.3, 0.4) is 0 Å². The Labute approximate surface area is 171 Å². The largest absolute Gasteiger partial charge is 0.390 e. The maximum Gasteiger partial charge on any atom is 0.139 e. The van der Waals surface area contributed by atoms with E-state index in [9.17, 15) is 9.90 Å². The summed E-state index contributed by atoms with van der Waals surface area (Å²) in [7, 11) is 0. The van der Waals surface area contributed by atoms with Crippen molar-refractivity contribution in [3.05, 3.63) is 37.0 Å². The summed E-state index contributed by atoms with van der Waals surface area (Å²) in [6, 6.07) is 0. The Bertz CT molecular complexity index is 691. The van der Waals surface area contributed by atoms with Gasteiger partial charge in [0.05, 0.1) is 5.60 Å². The van der Waals surface area contributed by atoms with Crippen molar-refractivity contribution in [1.82, 2.24) is 0 Å². The van der Waals surface area contributed by atoms with E-state index in [4.69, 9.17) is 0 Å². The minimum Gasteiger partial charge on any atom is -0.390 e. The molecule has 4 aliphatic carbocycles. The summed E-state index contributed by atoms with van der Waals surface area (Å²) in [6.07, 6.45) is 20.4. The lowest BCUT2D eigenvalue weighted by Gasteiger charge is -2.61. The van der Waals surface area contributed by atoms with Gasteiger partial charge < -0.3 is 5.11 Å². The lowest BCUT2D eigenvalue weighted by molar-refractivity contribution is -0.153. The zero-order valence-electron chi connectivity index (χ0n) is 17.8. The van der Waals surface area contributed by atoms with Crippen molar-refractivity contribution in [2.45, 2.75) is 83.7 Å². The van der Waals surface area contributed by atoms with E-state index < -0.39 is 5.60 Å². The van der Waals surface area contributed by atoms with Crippen molar-refractivity contribution >= 4 is 5.78 Å². The molecule has 0 saturated heterocycles. The first-order chi connectivity index (χ1) is 13.3. The lowest BCUT2D eigenvalue weighted by atomic mass is 9.44. The predicted molar refractivity (Wildman–Crippen MR) is 115 cm³/mol. The molecule has 4 aliphatic rings. The highest BCUT2D eigenvalue weighted by atomic mass is 16.3. The molecule has 0 radical (unpaired) electrons. The molecule has 0 aromatic heterocycles. The van der Waals surface area contributed by atoms with Crippen molar-refractivity contribution in [2.75, 3.05) is 0 Å². The molecular weight excluding hydrogens is 344 g/mol. The Morgan fingerprint density at radius 2 is 1.86 bits per heavy atom. The maximum atomic E-state index is 12.6. The van der Waals surface area contributed by atoms with Crippen LogP contribution in [0.5, 0.6) is 0 Å². The molecule has 4 rings (SSSR count). The van der Waals surface area contributed by atoms with Crippen molar-refractivity contribution in [1.29, 1.82) is 0 Å². The Morgan fingerprint density at radius 1 is 1.04 bits per heavy atom. The average Bonchev–Trinajstić information content (AvgIpc) is 2.97. The van der Waals surface area contributed by atoms with Gasteiger partial charge in [0.15, 0.2) is 0 Å². The molecule has 4 fully saturated rings. The Kier molecular flexibility index (Phi) is 5.23. The van der Waals surface area contributed by atoms with Gasteiger partial charge in [0.25, 0.3) is 0 Å². The van der Waals surface area contributed by atoms with Crippen molar-refractivity contribution in [2.24, 2.45) is 34.5 Å². The maximum absolute atomic E-state index is 12.6. The molecular formula is C26H38O2. The SMILES string of the molecule is C=C/C=C\C=C\C[C@@]1(O)CC[C@@]2(C)C(CCC3C2CC[C@]2(C)C(=O)CCC32)C1. The number of carbonyl (C=O) groups excluding carboxylic acids is 1. The fraction of sp³-hybridized carbons (Fsp3) is 0.731. The number of ketones is 1. The molecule has 4 saturated carbocycles. The minimum atomic E-state index is -0.540. The molecule has 28 heavy (non-hydrogen) atoms. The second-order valence-electron chi connectivity index (χ2n) is 10.8. The first-order valence-corrected chi connectivity index (χ1v) is 11.5. The van der Waals surface area contributed by atoms with Crippen LogP contribution in [-0.2, 0) is 4.79 Å². The molecule has 2 nitrogen and oxygen atoms in total. The highest BCUT2D eigenvalue weighted by Gasteiger charge is 2.61. The van der Waals surface area contributed by atoms with E-state index in [0.29, 0.717) is 23.0 Å². The number of Topliss-reactive ketones (excluding diaryl/α,β-unsaturated/α-hetero) is 1. The number of allylic oxidation sites excluding steroid dienone is 4. The minimum absolute atomic E-state index is 0.0243. The van der Waals surface area contributed by atoms with Crippen molar-refractivity contribution in [3.8, 4) is 0 Å². The molecule has 0 heterocycles. The molecule has 0 aliphatic heterocycles. The van der Waals surface area contributed by atoms with Gasteiger partial charge in [0, 0.05) is 11.8 Å². The van der Waals surface area contributed by atoms with E-state index in [-0.39, 0.29) is 5.41 Å². The summed E-state index contributed by atoms with van der Waals surface area (Å²) in [6.45, 7) is 8.48. The van der Waals surface area contributed by atoms with Crippen LogP contribution < -0.4 is 0 Å². The van der Waals surface area contributed by atoms with Crippen LogP contribution in [-0.4, -0.2) is 16.5 Å². The molecule has 2 heteroatoms. The first kappa shape index (κ1) is 20.1. The summed E-state index contributed by atoms with van der Waals surface area (Å²) in [5.41, 5.74) is -0.208. The zero-order chi connectivity index (χ0) is 20.0. The fourth-order valence-electron chi connectivity index (χ4n) is 7.79. The van der Waals surface area contributed by atoms with Crippen molar-refractivity contribution in [3.63, 3.8) is 0 Å². The van der Waals surface area contributed by atoms with Crippen molar-refractivity contribution < 1.29 is 9.90 Å². The Balaban J connectivity index is 1.47. The lowest BCUT2D eigenvalue weighted by Crippen LogP contribution is -2.55. The van der Waals surface area contributed by atoms with E-state index in [2.05, 4.69) is 26.5 Å². The van der Waals surface area contributed by atoms with Crippen LogP contribution in [0.15, 0.2) is 37.0 Å². The third-order valence-corrected chi connectivity index (χ3v) is 9.52. The van der Waals surface area contributed by atoms with Gasteiger partial charge in [-0.3, -0.25) is 4.79 Å². The molecule has 4 unspecified atom stereocenters. The van der Waals surface area contributed by atoms with Crippen LogP contribution in [0.4, 0.5) is 0 Å². The van der Waals surface area contributed by atoms with Crippen LogP contribution in [0.1, 0.15) is 78.1 Å². The third-order valence-electron chi connectivity index (χ3n) is 9.52. The normalized spacial score (nSPS) is 48.5. The topological polar surface area (TPSA) is 37.3 Å². The first-order valence-electron chi connectivity index (χ1n) is 11.5. The zero-order valence-corrected chi connectivity index (χ0v) is 17.8. The average molecular weight is 383 g/mol. The number of rotatable bonds is 4. The quantitative estimate of drug-likeness (QED) is 0.604. The van der Waals surface area contributed by atoms with Gasteiger partial charge in [-0.1, -0.05) is 50.8 Å². The molecule has 0 bridgehead atoms. The van der Waals surface area contributed by atoms with Gasteiger partial charge in [-0.2, -0.15) is 0 Å². The van der Waals surface area contributed by atoms with Crippen LogP contribution in [0, 0.1) is 34.5 Å².